The number of carbonyl (C=O) groups is 1. The summed E-state index contributed by atoms with van der Waals surface area (Å²) in [6, 6.07) is 17.8. The van der Waals surface area contributed by atoms with E-state index in [0.29, 0.717) is 6.42 Å². The fourth-order valence-electron chi connectivity index (χ4n) is 3.38. The molecule has 1 N–H and O–H groups in total. The van der Waals surface area contributed by atoms with E-state index in [4.69, 9.17) is 4.74 Å². The lowest BCUT2D eigenvalue weighted by atomic mass is 9.89. The van der Waals surface area contributed by atoms with E-state index in [9.17, 15) is 4.79 Å². The summed E-state index contributed by atoms with van der Waals surface area (Å²) in [4.78, 5) is 12.9. The first-order valence-electron chi connectivity index (χ1n) is 7.82. The van der Waals surface area contributed by atoms with Crippen molar-refractivity contribution in [2.24, 2.45) is 0 Å². The second kappa shape index (κ2) is 5.95. The smallest absolute Gasteiger partial charge is 0.167 e. The number of Topliss-reactive ketones (excluding diaryl/α,β-unsaturated/α-hetero) is 1. The number of nitrogens with one attached hydrogen (secondary N) is 1. The zero-order valence-electron chi connectivity index (χ0n) is 13.2. The molecule has 24 heavy (non-hydrogen) atoms. The third-order valence-electron chi connectivity index (χ3n) is 4.49. The van der Waals surface area contributed by atoms with E-state index in [2.05, 4.69) is 27.3 Å². The van der Waals surface area contributed by atoms with Crippen molar-refractivity contribution >= 4 is 38.2 Å². The fourth-order valence-corrected chi connectivity index (χ4v) is 3.76. The Morgan fingerprint density at radius 1 is 1.12 bits per heavy atom. The van der Waals surface area contributed by atoms with Gasteiger partial charge in [0, 0.05) is 27.7 Å². The molecule has 0 radical (unpaired) electrons. The first-order valence-corrected chi connectivity index (χ1v) is 8.61. The van der Waals surface area contributed by atoms with Gasteiger partial charge in [-0.05, 0) is 35.0 Å². The average molecular weight is 382 g/mol. The third kappa shape index (κ3) is 2.47. The Morgan fingerprint density at radius 3 is 2.79 bits per heavy atom. The van der Waals surface area contributed by atoms with E-state index in [0.717, 1.165) is 37.8 Å². The van der Waals surface area contributed by atoms with E-state index < -0.39 is 0 Å². The van der Waals surface area contributed by atoms with Gasteiger partial charge in [0.1, 0.15) is 5.75 Å². The molecule has 1 aliphatic heterocycles. The van der Waals surface area contributed by atoms with Crippen molar-refractivity contribution in [3.63, 3.8) is 0 Å². The Kier molecular flexibility index (Phi) is 3.77. The molecule has 0 amide bonds. The lowest BCUT2D eigenvalue weighted by molar-refractivity contribution is 0.0973. The Hall–Kier alpha value is -2.33. The molecule has 1 heterocycles. The topological polar surface area (TPSA) is 38.3 Å². The molecule has 1 atom stereocenters. The van der Waals surface area contributed by atoms with Gasteiger partial charge in [0.15, 0.2) is 5.78 Å². The Bertz CT molecular complexity index is 952. The van der Waals surface area contributed by atoms with Gasteiger partial charge in [0.25, 0.3) is 0 Å². The number of ketones is 1. The third-order valence-corrected chi connectivity index (χ3v) is 4.99. The highest BCUT2D eigenvalue weighted by atomic mass is 79.9. The number of ether oxygens (including phenoxy) is 1. The molecule has 0 bridgehead atoms. The minimum Gasteiger partial charge on any atom is -0.496 e. The number of anilines is 1. The van der Waals surface area contributed by atoms with Crippen LogP contribution in [-0.4, -0.2) is 12.9 Å². The van der Waals surface area contributed by atoms with Gasteiger partial charge in [-0.2, -0.15) is 0 Å². The predicted octanol–water partition coefficient (Wildman–Crippen LogP) is 5.35. The summed E-state index contributed by atoms with van der Waals surface area (Å²) in [6.07, 6.45) is 0.411. The van der Waals surface area contributed by atoms with Gasteiger partial charge in [-0.25, -0.2) is 0 Å². The number of halogens is 1. The normalized spacial score (nSPS) is 16.6. The minimum absolute atomic E-state index is 0.0985. The summed E-state index contributed by atoms with van der Waals surface area (Å²) in [6.45, 7) is 0. The summed E-state index contributed by atoms with van der Waals surface area (Å²) < 4.78 is 6.44. The highest BCUT2D eigenvalue weighted by Gasteiger charge is 2.29. The molecule has 0 fully saturated rings. The van der Waals surface area contributed by atoms with Gasteiger partial charge in [0.2, 0.25) is 0 Å². The zero-order chi connectivity index (χ0) is 16.7. The lowest BCUT2D eigenvalue weighted by Gasteiger charge is -2.28. The van der Waals surface area contributed by atoms with Crippen LogP contribution in [0.25, 0.3) is 10.8 Å². The molecule has 4 heteroatoms. The first kappa shape index (κ1) is 15.2. The molecular formula is C20H16BrNO2. The van der Waals surface area contributed by atoms with Crippen molar-refractivity contribution in [3.8, 4) is 5.75 Å². The van der Waals surface area contributed by atoms with Crippen molar-refractivity contribution in [1.82, 2.24) is 0 Å². The van der Waals surface area contributed by atoms with E-state index in [-0.39, 0.29) is 11.8 Å². The number of hydrogen-bond donors (Lipinski definition) is 1. The van der Waals surface area contributed by atoms with Gasteiger partial charge in [0.05, 0.1) is 13.2 Å². The van der Waals surface area contributed by atoms with Crippen LogP contribution in [0.1, 0.15) is 28.4 Å². The Balaban J connectivity index is 1.82. The van der Waals surface area contributed by atoms with Crippen LogP contribution >= 0.6 is 15.9 Å². The first-order chi connectivity index (χ1) is 11.7. The summed E-state index contributed by atoms with van der Waals surface area (Å²) in [5.74, 6) is 0.945. The van der Waals surface area contributed by atoms with E-state index in [1.54, 1.807) is 7.11 Å². The molecule has 120 valence electrons. The largest absolute Gasteiger partial charge is 0.496 e. The van der Waals surface area contributed by atoms with Crippen molar-refractivity contribution in [2.45, 2.75) is 12.5 Å². The maximum Gasteiger partial charge on any atom is 0.167 e. The lowest BCUT2D eigenvalue weighted by Crippen LogP contribution is -2.23. The van der Waals surface area contributed by atoms with E-state index in [1.165, 1.54) is 0 Å². The van der Waals surface area contributed by atoms with Gasteiger partial charge in [-0.1, -0.05) is 46.3 Å². The van der Waals surface area contributed by atoms with Gasteiger partial charge >= 0.3 is 0 Å². The molecule has 4 rings (SSSR count). The van der Waals surface area contributed by atoms with Crippen LogP contribution in [0, 0.1) is 0 Å². The van der Waals surface area contributed by atoms with Crippen LogP contribution in [0.4, 0.5) is 5.69 Å². The molecule has 0 aromatic heterocycles. The molecule has 0 spiro atoms. The number of benzene rings is 3. The van der Waals surface area contributed by atoms with Crippen molar-refractivity contribution in [3.05, 3.63) is 70.2 Å². The van der Waals surface area contributed by atoms with Crippen LogP contribution in [0.15, 0.2) is 59.1 Å². The fraction of sp³-hybridized carbons (Fsp3) is 0.150. The van der Waals surface area contributed by atoms with Crippen molar-refractivity contribution < 1.29 is 9.53 Å². The number of hydrogen-bond acceptors (Lipinski definition) is 3. The maximum absolute atomic E-state index is 12.9. The average Bonchev–Trinajstić information content (AvgIpc) is 2.61. The summed E-state index contributed by atoms with van der Waals surface area (Å²) in [5, 5.41) is 5.61. The Morgan fingerprint density at radius 2 is 1.96 bits per heavy atom. The molecule has 3 aromatic carbocycles. The van der Waals surface area contributed by atoms with Crippen LogP contribution in [0.2, 0.25) is 0 Å². The van der Waals surface area contributed by atoms with E-state index in [1.807, 2.05) is 48.5 Å². The monoisotopic (exact) mass is 381 g/mol. The maximum atomic E-state index is 12.9. The molecule has 0 saturated heterocycles. The summed E-state index contributed by atoms with van der Waals surface area (Å²) >= 11 is 3.50. The van der Waals surface area contributed by atoms with Gasteiger partial charge < -0.3 is 10.1 Å². The van der Waals surface area contributed by atoms with Crippen LogP contribution in [0.3, 0.4) is 0 Å². The highest BCUT2D eigenvalue weighted by Crippen LogP contribution is 2.39. The molecule has 1 aliphatic rings. The van der Waals surface area contributed by atoms with E-state index >= 15 is 0 Å². The van der Waals surface area contributed by atoms with Crippen LogP contribution in [0.5, 0.6) is 5.75 Å². The number of methoxy groups -OCH3 is 1. The van der Waals surface area contributed by atoms with Crippen LogP contribution < -0.4 is 10.1 Å². The van der Waals surface area contributed by atoms with Crippen LogP contribution in [-0.2, 0) is 0 Å². The van der Waals surface area contributed by atoms with Crippen molar-refractivity contribution in [2.75, 3.05) is 12.4 Å². The second-order valence-electron chi connectivity index (χ2n) is 5.92. The highest BCUT2D eigenvalue weighted by molar-refractivity contribution is 9.10. The summed E-state index contributed by atoms with van der Waals surface area (Å²) in [7, 11) is 1.65. The predicted molar refractivity (Wildman–Crippen MR) is 100.0 cm³/mol. The summed E-state index contributed by atoms with van der Waals surface area (Å²) in [5.41, 5.74) is 2.66. The molecule has 3 aromatic rings. The zero-order valence-corrected chi connectivity index (χ0v) is 14.8. The van der Waals surface area contributed by atoms with Crippen molar-refractivity contribution in [1.29, 1.82) is 0 Å². The number of carbonyl (C=O) groups excluding carboxylic acids is 1. The van der Waals surface area contributed by atoms with Gasteiger partial charge in [-0.3, -0.25) is 4.79 Å². The molecular weight excluding hydrogens is 366 g/mol. The molecule has 0 aliphatic carbocycles. The molecule has 0 saturated carbocycles. The molecule has 0 unspecified atom stereocenters. The second-order valence-corrected chi connectivity index (χ2v) is 6.84. The standard InChI is InChI=1S/C20H16BrNO2/c1-24-19-9-7-13(21)10-15(19)17-11-18(23)20-14-5-3-2-4-12(14)6-8-16(20)22-17/h2-10,17,22H,11H2,1H3/t17-/m0/s1. The Labute approximate surface area is 148 Å². The number of fused-ring (bicyclic) bond motifs is 3. The quantitative estimate of drug-likeness (QED) is 0.649. The van der Waals surface area contributed by atoms with Gasteiger partial charge in [-0.15, -0.1) is 0 Å². The number of rotatable bonds is 2. The minimum atomic E-state index is -0.0985. The SMILES string of the molecule is COc1ccc(Br)cc1[C@@H]1CC(=O)c2c(ccc3ccccc23)N1. The molecule has 3 nitrogen and oxygen atoms in total.